The smallest absolute Gasteiger partial charge is 0.289 e. The molecule has 1 aromatic carbocycles. The van der Waals surface area contributed by atoms with Crippen molar-refractivity contribution in [2.24, 2.45) is 13.0 Å². The van der Waals surface area contributed by atoms with E-state index in [1.165, 1.54) is 0 Å². The molecule has 2 fully saturated rings. The molecule has 0 aliphatic carbocycles. The molecule has 0 spiro atoms. The minimum absolute atomic E-state index is 0.143. The number of carbonyl (C=O) groups excluding carboxylic acids is 1. The Hall–Kier alpha value is -3.61. The third kappa shape index (κ3) is 4.93. The number of methoxy groups -OCH3 is 1. The van der Waals surface area contributed by atoms with Crippen molar-refractivity contribution < 1.29 is 19.4 Å². The second-order valence-electron chi connectivity index (χ2n) is 11.5. The first-order valence-corrected chi connectivity index (χ1v) is 14.3. The molecule has 2 saturated heterocycles. The maximum absolute atomic E-state index is 13.8. The first kappa shape index (κ1) is 27.6. The van der Waals surface area contributed by atoms with Crippen LogP contribution in [0.1, 0.15) is 56.2 Å². The maximum Gasteiger partial charge on any atom is 0.289 e. The number of morpholine rings is 1. The third-order valence-corrected chi connectivity index (χ3v) is 8.48. The molecular formula is C29H38N8O4. The number of hydrogen-bond donors (Lipinski definition) is 1. The molecule has 0 unspecified atom stereocenters. The molecule has 0 saturated carbocycles. The summed E-state index contributed by atoms with van der Waals surface area (Å²) >= 11 is 0. The highest BCUT2D eigenvalue weighted by Crippen LogP contribution is 2.32. The van der Waals surface area contributed by atoms with Crippen molar-refractivity contribution in [1.82, 2.24) is 34.0 Å². The summed E-state index contributed by atoms with van der Waals surface area (Å²) in [6, 6.07) is 7.87. The molecule has 1 N–H and O–H groups in total. The van der Waals surface area contributed by atoms with Crippen molar-refractivity contribution in [1.29, 1.82) is 0 Å². The Morgan fingerprint density at radius 3 is 2.46 bits per heavy atom. The third-order valence-electron chi connectivity index (χ3n) is 8.48. The molecule has 0 radical (unpaired) electrons. The molecule has 2 aliphatic rings. The molecule has 3 aromatic heterocycles. The van der Waals surface area contributed by atoms with Crippen molar-refractivity contribution in [3.8, 4) is 5.95 Å². The molecule has 12 nitrogen and oxygen atoms in total. The zero-order chi connectivity index (χ0) is 28.9. The summed E-state index contributed by atoms with van der Waals surface area (Å²) in [5, 5.41) is 10.5. The molecule has 2 aliphatic heterocycles. The Morgan fingerprint density at radius 1 is 1.07 bits per heavy atom. The van der Waals surface area contributed by atoms with E-state index >= 15 is 0 Å². The van der Waals surface area contributed by atoms with Gasteiger partial charge in [-0.15, -0.1) is 0 Å². The van der Waals surface area contributed by atoms with Crippen LogP contribution < -0.4 is 4.90 Å². The van der Waals surface area contributed by atoms with Crippen molar-refractivity contribution >= 4 is 33.9 Å². The number of aromatic nitrogens is 6. The van der Waals surface area contributed by atoms with Gasteiger partial charge in [0, 0.05) is 40.3 Å². The first-order chi connectivity index (χ1) is 19.7. The lowest BCUT2D eigenvalue weighted by atomic mass is 9.83. The van der Waals surface area contributed by atoms with E-state index in [1.807, 2.05) is 61.6 Å². The molecule has 1 amide bonds. The normalized spacial score (nSPS) is 18.0. The van der Waals surface area contributed by atoms with Crippen LogP contribution in [-0.2, 0) is 16.5 Å². The number of imidazole rings is 2. The van der Waals surface area contributed by atoms with Gasteiger partial charge in [0.05, 0.1) is 29.8 Å². The Bertz CT molecular complexity index is 1580. The van der Waals surface area contributed by atoms with Crippen LogP contribution in [0, 0.1) is 5.92 Å². The van der Waals surface area contributed by atoms with Crippen molar-refractivity contribution in [2.75, 3.05) is 51.4 Å². The Morgan fingerprint density at radius 2 is 1.78 bits per heavy atom. The lowest BCUT2D eigenvalue weighted by molar-refractivity contribution is -0.0110. The molecule has 12 heteroatoms. The fourth-order valence-corrected chi connectivity index (χ4v) is 5.89. The number of anilines is 1. The SMILES string of the molecule is CO[C@H](C)c1nc2ccccc2n1-c1nc(N2CCOCC2)c2nc(C(=O)N3CCC(C(C)(C)O)CC3)n(C)c2n1. The maximum atomic E-state index is 13.8. The van der Waals surface area contributed by atoms with Gasteiger partial charge in [0.1, 0.15) is 11.9 Å². The van der Waals surface area contributed by atoms with Gasteiger partial charge in [-0.3, -0.25) is 9.36 Å². The van der Waals surface area contributed by atoms with Gasteiger partial charge >= 0.3 is 0 Å². The van der Waals surface area contributed by atoms with Crippen LogP contribution in [0.25, 0.3) is 28.1 Å². The number of benzene rings is 1. The quantitative estimate of drug-likeness (QED) is 0.378. The molecule has 6 rings (SSSR count). The highest BCUT2D eigenvalue weighted by molar-refractivity contribution is 5.96. The summed E-state index contributed by atoms with van der Waals surface area (Å²) in [5.41, 5.74) is 2.08. The number of nitrogens with zero attached hydrogens (tertiary/aromatic N) is 8. The van der Waals surface area contributed by atoms with E-state index in [1.54, 1.807) is 11.7 Å². The Kier molecular flexibility index (Phi) is 7.16. The molecular weight excluding hydrogens is 524 g/mol. The molecule has 218 valence electrons. The topological polar surface area (TPSA) is 124 Å². The van der Waals surface area contributed by atoms with E-state index in [9.17, 15) is 9.90 Å². The lowest BCUT2D eigenvalue weighted by Crippen LogP contribution is -2.44. The fourth-order valence-electron chi connectivity index (χ4n) is 5.89. The summed E-state index contributed by atoms with van der Waals surface area (Å²) in [5.74, 6) is 2.13. The van der Waals surface area contributed by atoms with Crippen molar-refractivity contribution in [3.05, 3.63) is 35.9 Å². The summed E-state index contributed by atoms with van der Waals surface area (Å²) in [6.07, 6.45) is 1.19. The average molecular weight is 563 g/mol. The Labute approximate surface area is 238 Å². The summed E-state index contributed by atoms with van der Waals surface area (Å²) in [7, 11) is 3.48. The standard InChI is InChI=1S/C29H38N8O4/c1-18(40-5)23-30-20-8-6-7-9-21(20)37(23)28-32-24-22(25(33-28)35-14-16-41-17-15-35)31-26(34(24)4)27(38)36-12-10-19(11-13-36)29(2,3)39/h6-9,18-19,39H,10-17H2,1-5H3/t18-/m1/s1. The van der Waals surface area contributed by atoms with Gasteiger partial charge in [0.25, 0.3) is 5.91 Å². The van der Waals surface area contributed by atoms with E-state index < -0.39 is 5.60 Å². The first-order valence-electron chi connectivity index (χ1n) is 14.3. The van der Waals surface area contributed by atoms with Gasteiger partial charge < -0.3 is 28.9 Å². The van der Waals surface area contributed by atoms with E-state index in [4.69, 9.17) is 29.4 Å². The fraction of sp³-hybridized carbons (Fsp3) is 0.552. The highest BCUT2D eigenvalue weighted by Gasteiger charge is 2.34. The van der Waals surface area contributed by atoms with Gasteiger partial charge in [-0.2, -0.15) is 9.97 Å². The van der Waals surface area contributed by atoms with Gasteiger partial charge in [-0.25, -0.2) is 9.97 Å². The number of aliphatic hydroxyl groups is 1. The lowest BCUT2D eigenvalue weighted by Gasteiger charge is -2.37. The number of piperidine rings is 1. The molecule has 4 aromatic rings. The monoisotopic (exact) mass is 562 g/mol. The number of carbonyl (C=O) groups is 1. The van der Waals surface area contributed by atoms with Gasteiger partial charge in [0.15, 0.2) is 17.0 Å². The van der Waals surface area contributed by atoms with Crippen LogP contribution in [-0.4, -0.2) is 97.1 Å². The molecule has 41 heavy (non-hydrogen) atoms. The second-order valence-corrected chi connectivity index (χ2v) is 11.5. The Balaban J connectivity index is 1.47. The number of aryl methyl sites for hydroxylation is 1. The van der Waals surface area contributed by atoms with E-state index in [0.29, 0.717) is 74.0 Å². The number of para-hydroxylation sites is 2. The van der Waals surface area contributed by atoms with Crippen LogP contribution in [0.2, 0.25) is 0 Å². The number of likely N-dealkylation sites (tertiary alicyclic amines) is 1. The van der Waals surface area contributed by atoms with Crippen LogP contribution in [0.3, 0.4) is 0 Å². The van der Waals surface area contributed by atoms with E-state index in [-0.39, 0.29) is 17.9 Å². The van der Waals surface area contributed by atoms with Gasteiger partial charge in [-0.05, 0) is 51.7 Å². The van der Waals surface area contributed by atoms with Crippen LogP contribution in [0.15, 0.2) is 24.3 Å². The molecule has 0 bridgehead atoms. The van der Waals surface area contributed by atoms with Crippen molar-refractivity contribution in [3.63, 3.8) is 0 Å². The van der Waals surface area contributed by atoms with Gasteiger partial charge in [0.2, 0.25) is 11.8 Å². The second kappa shape index (κ2) is 10.7. The van der Waals surface area contributed by atoms with Crippen LogP contribution in [0.4, 0.5) is 5.82 Å². The van der Waals surface area contributed by atoms with Crippen LogP contribution >= 0.6 is 0 Å². The number of fused-ring (bicyclic) bond motifs is 2. The van der Waals surface area contributed by atoms with E-state index in [2.05, 4.69) is 4.90 Å². The number of ether oxygens (including phenoxy) is 2. The number of amides is 1. The van der Waals surface area contributed by atoms with Crippen molar-refractivity contribution in [2.45, 2.75) is 45.3 Å². The minimum Gasteiger partial charge on any atom is -0.390 e. The molecule has 5 heterocycles. The zero-order valence-corrected chi connectivity index (χ0v) is 24.4. The summed E-state index contributed by atoms with van der Waals surface area (Å²) in [4.78, 5) is 37.5. The highest BCUT2D eigenvalue weighted by atomic mass is 16.5. The van der Waals surface area contributed by atoms with Crippen LogP contribution in [0.5, 0.6) is 0 Å². The number of rotatable bonds is 6. The number of hydrogen-bond acceptors (Lipinski definition) is 9. The van der Waals surface area contributed by atoms with E-state index in [0.717, 1.165) is 23.9 Å². The predicted molar refractivity (Wildman–Crippen MR) is 154 cm³/mol. The zero-order valence-electron chi connectivity index (χ0n) is 24.4. The largest absolute Gasteiger partial charge is 0.390 e. The summed E-state index contributed by atoms with van der Waals surface area (Å²) in [6.45, 7) is 9.24. The van der Waals surface area contributed by atoms with Gasteiger partial charge in [-0.1, -0.05) is 12.1 Å². The summed E-state index contributed by atoms with van der Waals surface area (Å²) < 4.78 is 15.0. The molecule has 1 atom stereocenters. The predicted octanol–water partition coefficient (Wildman–Crippen LogP) is 2.87. The minimum atomic E-state index is -0.761. The average Bonchev–Trinajstić information content (AvgIpc) is 3.54.